The van der Waals surface area contributed by atoms with E-state index in [0.717, 1.165) is 0 Å². The minimum Gasteiger partial charge on any atom is -0.452 e. The Labute approximate surface area is 120 Å². The van der Waals surface area contributed by atoms with E-state index < -0.39 is 5.97 Å². The highest BCUT2D eigenvalue weighted by Gasteiger charge is 2.17. The van der Waals surface area contributed by atoms with Crippen LogP contribution >= 0.6 is 15.9 Å². The first-order valence-electron chi connectivity index (χ1n) is 5.73. The Hall–Kier alpha value is -1.56. The van der Waals surface area contributed by atoms with Crippen molar-refractivity contribution in [3.63, 3.8) is 0 Å². The summed E-state index contributed by atoms with van der Waals surface area (Å²) in [5, 5.41) is 2.70. The standard InChI is InChI=1S/C13H17BrN2O3/c1-13(2,3)16-10(17)7-19-12(18)8-5-4-6-9(15)11(8)14/h4-6H,7,15H2,1-3H3,(H,16,17). The number of nitrogen functional groups attached to an aromatic ring is 1. The molecule has 0 heterocycles. The predicted octanol–water partition coefficient (Wildman–Crippen LogP) is 2.10. The van der Waals surface area contributed by atoms with Crippen LogP contribution in [0.25, 0.3) is 0 Å². The molecule has 0 spiro atoms. The molecule has 0 unspecified atom stereocenters. The maximum absolute atomic E-state index is 11.8. The molecule has 0 saturated heterocycles. The zero-order chi connectivity index (χ0) is 14.6. The second-order valence-corrected chi connectivity index (χ2v) is 5.88. The minimum atomic E-state index is -0.594. The third kappa shape index (κ3) is 4.90. The van der Waals surface area contributed by atoms with Crippen LogP contribution in [0, 0.1) is 0 Å². The van der Waals surface area contributed by atoms with Gasteiger partial charge >= 0.3 is 5.97 Å². The van der Waals surface area contributed by atoms with Gasteiger partial charge in [0.15, 0.2) is 6.61 Å². The molecule has 0 saturated carbocycles. The Bertz CT molecular complexity index is 495. The molecule has 6 heteroatoms. The number of ether oxygens (including phenoxy) is 1. The van der Waals surface area contributed by atoms with Gasteiger partial charge in [0.2, 0.25) is 0 Å². The molecule has 19 heavy (non-hydrogen) atoms. The number of halogens is 1. The van der Waals surface area contributed by atoms with Gasteiger partial charge in [0.1, 0.15) is 0 Å². The molecule has 0 atom stereocenters. The smallest absolute Gasteiger partial charge is 0.339 e. The average Bonchev–Trinajstić information content (AvgIpc) is 2.27. The number of anilines is 1. The maximum Gasteiger partial charge on any atom is 0.339 e. The Morgan fingerprint density at radius 3 is 2.58 bits per heavy atom. The van der Waals surface area contributed by atoms with Gasteiger partial charge in [-0.3, -0.25) is 4.79 Å². The number of amides is 1. The van der Waals surface area contributed by atoms with Crippen LogP contribution in [0.1, 0.15) is 31.1 Å². The first-order valence-corrected chi connectivity index (χ1v) is 6.52. The SMILES string of the molecule is CC(C)(C)NC(=O)COC(=O)c1cccc(N)c1Br. The number of benzene rings is 1. The van der Waals surface area contributed by atoms with Crippen LogP contribution in [0.5, 0.6) is 0 Å². The van der Waals surface area contributed by atoms with Crippen molar-refractivity contribution in [2.45, 2.75) is 26.3 Å². The fraction of sp³-hybridized carbons (Fsp3) is 0.385. The number of hydrogen-bond donors (Lipinski definition) is 2. The van der Waals surface area contributed by atoms with Crippen molar-refractivity contribution in [2.75, 3.05) is 12.3 Å². The summed E-state index contributed by atoms with van der Waals surface area (Å²) < 4.78 is 5.40. The molecule has 1 aromatic rings. The molecule has 0 aliphatic rings. The van der Waals surface area contributed by atoms with Crippen LogP contribution in [0.2, 0.25) is 0 Å². The zero-order valence-electron chi connectivity index (χ0n) is 11.1. The Balaban J connectivity index is 2.61. The molecule has 0 aromatic heterocycles. The number of esters is 1. The number of rotatable bonds is 3. The van der Waals surface area contributed by atoms with E-state index in [2.05, 4.69) is 21.2 Å². The van der Waals surface area contributed by atoms with E-state index in [-0.39, 0.29) is 18.1 Å². The van der Waals surface area contributed by atoms with E-state index in [1.165, 1.54) is 0 Å². The summed E-state index contributed by atoms with van der Waals surface area (Å²) in [4.78, 5) is 23.3. The highest BCUT2D eigenvalue weighted by Crippen LogP contribution is 2.24. The lowest BCUT2D eigenvalue weighted by molar-refractivity contribution is -0.125. The molecule has 3 N–H and O–H groups in total. The van der Waals surface area contributed by atoms with Gasteiger partial charge in [-0.1, -0.05) is 6.07 Å². The monoisotopic (exact) mass is 328 g/mol. The summed E-state index contributed by atoms with van der Waals surface area (Å²) >= 11 is 3.21. The minimum absolute atomic E-state index is 0.295. The van der Waals surface area contributed by atoms with Gasteiger partial charge in [-0.25, -0.2) is 4.79 Å². The molecule has 0 aliphatic heterocycles. The van der Waals surface area contributed by atoms with E-state index in [1.807, 2.05) is 20.8 Å². The lowest BCUT2D eigenvalue weighted by Gasteiger charge is -2.20. The van der Waals surface area contributed by atoms with Crippen molar-refractivity contribution in [1.29, 1.82) is 0 Å². The van der Waals surface area contributed by atoms with Crippen LogP contribution in [0.4, 0.5) is 5.69 Å². The summed E-state index contributed by atoms with van der Waals surface area (Å²) in [5.41, 5.74) is 6.04. The molecule has 0 aliphatic carbocycles. The lowest BCUT2D eigenvalue weighted by atomic mass is 10.1. The second kappa shape index (κ2) is 6.06. The molecule has 0 fully saturated rings. The van der Waals surface area contributed by atoms with E-state index in [9.17, 15) is 9.59 Å². The number of nitrogens with one attached hydrogen (secondary N) is 1. The van der Waals surface area contributed by atoms with Gasteiger partial charge in [-0.15, -0.1) is 0 Å². The Morgan fingerprint density at radius 2 is 2.00 bits per heavy atom. The molecule has 0 radical (unpaired) electrons. The van der Waals surface area contributed by atoms with Crippen LogP contribution < -0.4 is 11.1 Å². The van der Waals surface area contributed by atoms with Gasteiger partial charge in [0.25, 0.3) is 5.91 Å². The molecule has 1 amide bonds. The van der Waals surface area contributed by atoms with E-state index >= 15 is 0 Å². The zero-order valence-corrected chi connectivity index (χ0v) is 12.7. The second-order valence-electron chi connectivity index (χ2n) is 5.08. The number of hydrogen-bond acceptors (Lipinski definition) is 4. The van der Waals surface area contributed by atoms with Crippen LogP contribution in [-0.4, -0.2) is 24.0 Å². The molecule has 1 aromatic carbocycles. The van der Waals surface area contributed by atoms with Crippen LogP contribution in [-0.2, 0) is 9.53 Å². The molecular weight excluding hydrogens is 312 g/mol. The maximum atomic E-state index is 11.8. The molecular formula is C13H17BrN2O3. The van der Waals surface area contributed by atoms with Crippen LogP contribution in [0.3, 0.4) is 0 Å². The van der Waals surface area contributed by atoms with E-state index in [1.54, 1.807) is 18.2 Å². The summed E-state index contributed by atoms with van der Waals surface area (Å²) in [6, 6.07) is 4.88. The predicted molar refractivity (Wildman–Crippen MR) is 76.7 cm³/mol. The molecule has 0 bridgehead atoms. The summed E-state index contributed by atoms with van der Waals surface area (Å²) in [6.45, 7) is 5.22. The van der Waals surface area contributed by atoms with E-state index in [0.29, 0.717) is 15.7 Å². The highest BCUT2D eigenvalue weighted by molar-refractivity contribution is 9.10. The molecule has 104 valence electrons. The topological polar surface area (TPSA) is 81.4 Å². The normalized spacial score (nSPS) is 10.9. The summed E-state index contributed by atoms with van der Waals surface area (Å²) in [5.74, 6) is -0.941. The Kier molecular flexibility index (Phi) is 4.94. The Morgan fingerprint density at radius 1 is 1.37 bits per heavy atom. The fourth-order valence-corrected chi connectivity index (χ4v) is 1.80. The summed E-state index contributed by atoms with van der Waals surface area (Å²) in [6.07, 6.45) is 0. The lowest BCUT2D eigenvalue weighted by Crippen LogP contribution is -2.42. The van der Waals surface area contributed by atoms with Gasteiger partial charge in [-0.05, 0) is 48.8 Å². The molecule has 5 nitrogen and oxygen atoms in total. The van der Waals surface area contributed by atoms with Crippen molar-refractivity contribution in [3.05, 3.63) is 28.2 Å². The molecule has 1 rings (SSSR count). The van der Waals surface area contributed by atoms with Gasteiger partial charge in [0.05, 0.1) is 10.0 Å². The third-order valence-corrected chi connectivity index (χ3v) is 2.98. The van der Waals surface area contributed by atoms with Crippen molar-refractivity contribution < 1.29 is 14.3 Å². The van der Waals surface area contributed by atoms with Crippen molar-refractivity contribution in [1.82, 2.24) is 5.32 Å². The average molecular weight is 329 g/mol. The third-order valence-electron chi connectivity index (χ3n) is 2.10. The van der Waals surface area contributed by atoms with Gasteiger partial charge in [0, 0.05) is 11.2 Å². The van der Waals surface area contributed by atoms with Crippen LogP contribution in [0.15, 0.2) is 22.7 Å². The van der Waals surface area contributed by atoms with Gasteiger partial charge in [-0.2, -0.15) is 0 Å². The van der Waals surface area contributed by atoms with Crippen molar-refractivity contribution in [2.24, 2.45) is 0 Å². The number of carbonyl (C=O) groups excluding carboxylic acids is 2. The largest absolute Gasteiger partial charge is 0.452 e. The highest BCUT2D eigenvalue weighted by atomic mass is 79.9. The fourth-order valence-electron chi connectivity index (χ4n) is 1.37. The quantitative estimate of drug-likeness (QED) is 0.657. The number of nitrogens with two attached hydrogens (primary N) is 1. The van der Waals surface area contributed by atoms with Gasteiger partial charge < -0.3 is 15.8 Å². The number of carbonyl (C=O) groups is 2. The first-order chi connectivity index (χ1) is 8.70. The van der Waals surface area contributed by atoms with Crippen molar-refractivity contribution in [3.8, 4) is 0 Å². The first kappa shape index (κ1) is 15.5. The summed E-state index contributed by atoms with van der Waals surface area (Å²) in [7, 11) is 0. The van der Waals surface area contributed by atoms with E-state index in [4.69, 9.17) is 10.5 Å². The van der Waals surface area contributed by atoms with Crippen molar-refractivity contribution >= 4 is 33.5 Å².